The van der Waals surface area contributed by atoms with Crippen LogP contribution in [0.2, 0.25) is 0 Å². The zero-order chi connectivity index (χ0) is 20.1. The molecule has 0 unspecified atom stereocenters. The SMILES string of the molecule is [2H]C1=C2C=C(c3ccnc(-c4ccc(N5CCNCC5)cc4)c3)N=C2C2(CC2)CN1. The minimum atomic E-state index is 0.161. The van der Waals surface area contributed by atoms with E-state index in [1.54, 1.807) is 0 Å². The second-order valence-corrected chi connectivity index (χ2v) is 8.38. The molecule has 2 aromatic rings. The van der Waals surface area contributed by atoms with Gasteiger partial charge in [-0.05, 0) is 43.2 Å². The third-order valence-corrected chi connectivity index (χ3v) is 6.48. The molecule has 29 heavy (non-hydrogen) atoms. The summed E-state index contributed by atoms with van der Waals surface area (Å²) in [4.78, 5) is 12.0. The largest absolute Gasteiger partial charge is 0.389 e. The van der Waals surface area contributed by atoms with Crippen molar-refractivity contribution in [2.24, 2.45) is 10.4 Å². The van der Waals surface area contributed by atoms with E-state index in [-0.39, 0.29) is 5.41 Å². The van der Waals surface area contributed by atoms with Gasteiger partial charge in [-0.3, -0.25) is 9.98 Å². The van der Waals surface area contributed by atoms with E-state index in [2.05, 4.69) is 56.9 Å². The molecule has 0 bridgehead atoms. The molecule has 0 amide bonds. The molecule has 146 valence electrons. The quantitative estimate of drug-likeness (QED) is 0.853. The van der Waals surface area contributed by atoms with Crippen molar-refractivity contribution in [1.82, 2.24) is 15.6 Å². The lowest BCUT2D eigenvalue weighted by molar-refractivity contribution is 0.589. The normalized spacial score (nSPS) is 22.6. The number of aromatic nitrogens is 1. The molecule has 0 atom stereocenters. The van der Waals surface area contributed by atoms with Crippen LogP contribution in [0.25, 0.3) is 17.0 Å². The van der Waals surface area contributed by atoms with E-state index in [1.165, 1.54) is 5.69 Å². The first kappa shape index (κ1) is 15.9. The number of anilines is 1. The van der Waals surface area contributed by atoms with Crippen molar-refractivity contribution in [2.45, 2.75) is 12.8 Å². The first-order chi connectivity index (χ1) is 14.7. The van der Waals surface area contributed by atoms with Crippen molar-refractivity contribution < 1.29 is 1.37 Å². The highest BCUT2D eigenvalue weighted by Gasteiger charge is 2.50. The molecular formula is C24H25N5. The van der Waals surface area contributed by atoms with E-state index >= 15 is 0 Å². The van der Waals surface area contributed by atoms with Gasteiger partial charge < -0.3 is 15.5 Å². The smallest absolute Gasteiger partial charge is 0.0819 e. The summed E-state index contributed by atoms with van der Waals surface area (Å²) in [6, 6.07) is 12.8. The third-order valence-electron chi connectivity index (χ3n) is 6.48. The van der Waals surface area contributed by atoms with Crippen LogP contribution < -0.4 is 15.5 Å². The number of nitrogens with zero attached hydrogens (tertiary/aromatic N) is 3. The fourth-order valence-corrected chi connectivity index (χ4v) is 4.54. The van der Waals surface area contributed by atoms with E-state index < -0.39 is 0 Å². The molecule has 4 heterocycles. The van der Waals surface area contributed by atoms with Gasteiger partial charge in [-0.1, -0.05) is 12.1 Å². The number of allylic oxidation sites excluding steroid dienone is 2. The molecule has 5 heteroatoms. The Morgan fingerprint density at radius 1 is 1.03 bits per heavy atom. The van der Waals surface area contributed by atoms with E-state index in [1.807, 2.05) is 12.3 Å². The summed E-state index contributed by atoms with van der Waals surface area (Å²) in [5.74, 6) is 0. The van der Waals surface area contributed by atoms with Crippen molar-refractivity contribution in [3.8, 4) is 11.3 Å². The first-order valence-corrected chi connectivity index (χ1v) is 10.5. The first-order valence-electron chi connectivity index (χ1n) is 11.0. The van der Waals surface area contributed by atoms with Crippen LogP contribution in [0.15, 0.2) is 65.4 Å². The van der Waals surface area contributed by atoms with Gasteiger partial charge in [0.1, 0.15) is 0 Å². The molecule has 3 aliphatic heterocycles. The number of piperazine rings is 1. The van der Waals surface area contributed by atoms with Crippen LogP contribution in [0.1, 0.15) is 19.8 Å². The second-order valence-electron chi connectivity index (χ2n) is 8.38. The summed E-state index contributed by atoms with van der Waals surface area (Å²) in [6.07, 6.45) is 6.75. The van der Waals surface area contributed by atoms with Crippen LogP contribution in [-0.4, -0.2) is 43.4 Å². The summed E-state index contributed by atoms with van der Waals surface area (Å²) >= 11 is 0. The van der Waals surface area contributed by atoms with E-state index in [9.17, 15) is 0 Å². The maximum absolute atomic E-state index is 8.26. The standard InChI is InChI=1S/C24H25N5/c1-3-20(29-11-9-25-10-12-29)4-2-17(1)21-13-18(5-8-27-21)22-14-19-15-26-16-24(6-7-24)23(19)28-22/h1-5,8,13-15,25-26H,6-7,9-12,16H2/i15D. The van der Waals surface area contributed by atoms with Gasteiger partial charge in [0, 0.05) is 72.9 Å². The lowest BCUT2D eigenvalue weighted by Crippen LogP contribution is -2.43. The van der Waals surface area contributed by atoms with Crippen LogP contribution in [0.3, 0.4) is 0 Å². The fraction of sp³-hybridized carbons (Fsp3) is 0.333. The molecule has 1 saturated carbocycles. The van der Waals surface area contributed by atoms with Gasteiger partial charge in [0.25, 0.3) is 0 Å². The van der Waals surface area contributed by atoms with Crippen molar-refractivity contribution >= 4 is 17.1 Å². The van der Waals surface area contributed by atoms with Crippen molar-refractivity contribution in [2.75, 3.05) is 37.6 Å². The van der Waals surface area contributed by atoms with E-state index in [0.717, 1.165) is 79.4 Å². The van der Waals surface area contributed by atoms with Gasteiger partial charge in [0.05, 0.1) is 18.5 Å². The zero-order valence-electron chi connectivity index (χ0n) is 17.4. The molecular weight excluding hydrogens is 358 g/mol. The predicted molar refractivity (Wildman–Crippen MR) is 118 cm³/mol. The molecule has 1 aromatic carbocycles. The molecule has 2 N–H and O–H groups in total. The number of hydrogen-bond acceptors (Lipinski definition) is 5. The predicted octanol–water partition coefficient (Wildman–Crippen LogP) is 3.22. The number of fused-ring (bicyclic) bond motifs is 2. The van der Waals surface area contributed by atoms with Gasteiger partial charge in [0.15, 0.2) is 0 Å². The maximum Gasteiger partial charge on any atom is 0.0819 e. The summed E-state index contributed by atoms with van der Waals surface area (Å²) in [6.45, 7) is 5.01. The molecule has 1 saturated heterocycles. The fourth-order valence-electron chi connectivity index (χ4n) is 4.54. The van der Waals surface area contributed by atoms with Crippen LogP contribution >= 0.6 is 0 Å². The van der Waals surface area contributed by atoms with Crippen LogP contribution in [0.4, 0.5) is 5.69 Å². The Balaban J connectivity index is 1.29. The Bertz CT molecular complexity index is 1090. The highest BCUT2D eigenvalue weighted by atomic mass is 15.2. The van der Waals surface area contributed by atoms with Crippen LogP contribution in [-0.2, 0) is 0 Å². The number of benzene rings is 1. The molecule has 5 nitrogen and oxygen atoms in total. The average molecular weight is 385 g/mol. The minimum Gasteiger partial charge on any atom is -0.389 e. The monoisotopic (exact) mass is 384 g/mol. The molecule has 4 aliphatic rings. The zero-order valence-corrected chi connectivity index (χ0v) is 16.4. The van der Waals surface area contributed by atoms with Gasteiger partial charge in [-0.2, -0.15) is 0 Å². The number of nitrogens with one attached hydrogen (secondary N) is 2. The van der Waals surface area contributed by atoms with Crippen LogP contribution in [0, 0.1) is 5.41 Å². The Morgan fingerprint density at radius 3 is 2.66 bits per heavy atom. The maximum atomic E-state index is 8.26. The number of hydrogen-bond donors (Lipinski definition) is 2. The Kier molecular flexibility index (Phi) is 3.61. The van der Waals surface area contributed by atoms with Gasteiger partial charge in [0.2, 0.25) is 0 Å². The van der Waals surface area contributed by atoms with Crippen LogP contribution in [0.5, 0.6) is 0 Å². The summed E-state index contributed by atoms with van der Waals surface area (Å²) in [5, 5.41) is 6.65. The third kappa shape index (κ3) is 2.97. The molecule has 0 radical (unpaired) electrons. The molecule has 2 fully saturated rings. The van der Waals surface area contributed by atoms with Gasteiger partial charge >= 0.3 is 0 Å². The Morgan fingerprint density at radius 2 is 1.86 bits per heavy atom. The highest BCUT2D eigenvalue weighted by molar-refractivity contribution is 6.15. The summed E-state index contributed by atoms with van der Waals surface area (Å²) < 4.78 is 8.26. The van der Waals surface area contributed by atoms with Crippen molar-refractivity contribution in [1.29, 1.82) is 0 Å². The highest BCUT2D eigenvalue weighted by Crippen LogP contribution is 2.52. The Labute approximate surface area is 172 Å². The Hall–Kier alpha value is -2.92. The number of aliphatic imine (C=N–C) groups is 1. The van der Waals surface area contributed by atoms with Crippen molar-refractivity contribution in [3.63, 3.8) is 0 Å². The van der Waals surface area contributed by atoms with Gasteiger partial charge in [-0.15, -0.1) is 0 Å². The minimum absolute atomic E-state index is 0.161. The molecule has 6 rings (SSSR count). The molecule has 1 aromatic heterocycles. The average Bonchev–Trinajstić information content (AvgIpc) is 3.44. The number of pyridine rings is 1. The lowest BCUT2D eigenvalue weighted by atomic mass is 9.92. The van der Waals surface area contributed by atoms with Gasteiger partial charge in [-0.25, -0.2) is 0 Å². The topological polar surface area (TPSA) is 52.6 Å². The molecule has 1 spiro atoms. The lowest BCUT2D eigenvalue weighted by Gasteiger charge is -2.29. The van der Waals surface area contributed by atoms with E-state index in [0.29, 0.717) is 6.18 Å². The van der Waals surface area contributed by atoms with Crippen molar-refractivity contribution in [3.05, 3.63) is 66.0 Å². The molecule has 1 aliphatic carbocycles. The van der Waals surface area contributed by atoms with E-state index in [4.69, 9.17) is 6.36 Å². The summed E-state index contributed by atoms with van der Waals surface area (Å²) in [7, 11) is 0. The second kappa shape index (κ2) is 6.56. The summed E-state index contributed by atoms with van der Waals surface area (Å²) in [5.41, 5.74) is 7.57. The number of rotatable bonds is 3.